The lowest BCUT2D eigenvalue weighted by Crippen LogP contribution is -2.54. The van der Waals surface area contributed by atoms with Crippen molar-refractivity contribution in [2.45, 2.75) is 40.0 Å². The van der Waals surface area contributed by atoms with Gasteiger partial charge in [-0.3, -0.25) is 4.79 Å². The van der Waals surface area contributed by atoms with Gasteiger partial charge in [-0.05, 0) is 60.6 Å². The lowest BCUT2D eigenvalue weighted by molar-refractivity contribution is -0.129. The number of fused-ring (bicyclic) bond motifs is 3. The molecule has 1 amide bonds. The van der Waals surface area contributed by atoms with Gasteiger partial charge in [-0.1, -0.05) is 13.8 Å². The summed E-state index contributed by atoms with van der Waals surface area (Å²) >= 11 is 1.64. The second-order valence-corrected chi connectivity index (χ2v) is 12.5. The van der Waals surface area contributed by atoms with E-state index in [4.69, 9.17) is 9.97 Å². The molecule has 4 fully saturated rings. The van der Waals surface area contributed by atoms with Crippen molar-refractivity contribution in [1.29, 1.82) is 0 Å². The van der Waals surface area contributed by atoms with E-state index in [1.165, 1.54) is 19.3 Å². The van der Waals surface area contributed by atoms with Crippen molar-refractivity contribution in [2.75, 3.05) is 54.9 Å². The highest BCUT2D eigenvalue weighted by Gasteiger charge is 2.54. The van der Waals surface area contributed by atoms with Crippen LogP contribution in [-0.2, 0) is 4.79 Å². The molecule has 2 bridgehead atoms. The van der Waals surface area contributed by atoms with Gasteiger partial charge in [-0.2, -0.15) is 9.97 Å². The lowest BCUT2D eigenvalue weighted by atomic mass is 9.45. The Morgan fingerprint density at radius 1 is 1.16 bits per heavy atom. The predicted molar refractivity (Wildman–Crippen MR) is 151 cm³/mol. The molecule has 3 aromatic rings. The molecule has 3 atom stereocenters. The Kier molecular flexibility index (Phi) is 6.21. The molecule has 8 nitrogen and oxygen atoms in total. The average molecular weight is 520 g/mol. The Hall–Kier alpha value is -2.94. The van der Waals surface area contributed by atoms with Crippen molar-refractivity contribution in [3.8, 4) is 0 Å². The zero-order valence-electron chi connectivity index (χ0n) is 22.3. The molecule has 0 spiro atoms. The molecule has 37 heavy (non-hydrogen) atoms. The first kappa shape index (κ1) is 24.4. The third-order valence-electron chi connectivity index (χ3n) is 9.20. The number of hydrogen-bond donors (Lipinski definition) is 1. The maximum absolute atomic E-state index is 11.8. The minimum atomic E-state index is 0.136. The molecule has 1 aliphatic heterocycles. The van der Waals surface area contributed by atoms with Gasteiger partial charge in [0.1, 0.15) is 11.6 Å². The monoisotopic (exact) mass is 519 g/mol. The summed E-state index contributed by atoms with van der Waals surface area (Å²) in [4.78, 5) is 32.7. The van der Waals surface area contributed by atoms with Gasteiger partial charge in [0.05, 0.1) is 15.7 Å². The SMILES string of the molecule is CC(=O)N1CCN(c2cc(Nc3ccc4ncsc4c3)nc(N(C)CC3CCC4CC3C4(C)C)n2)CC1. The highest BCUT2D eigenvalue weighted by molar-refractivity contribution is 7.16. The standard InChI is InChI=1S/C28H37N7OS/c1-18(36)34-9-11-35(12-10-34)26-15-25(30-21-7-8-23-24(14-21)37-17-29-23)31-27(32-26)33(4)16-19-5-6-20-13-22(19)28(20,2)3/h7-8,14-15,17,19-20,22H,5-6,9-13,16H2,1-4H3,(H,30,31,32). The van der Waals surface area contributed by atoms with Gasteiger partial charge < -0.3 is 20.0 Å². The third kappa shape index (κ3) is 4.62. The zero-order chi connectivity index (χ0) is 25.7. The first-order chi connectivity index (χ1) is 17.8. The van der Waals surface area contributed by atoms with Crippen molar-refractivity contribution >= 4 is 50.7 Å². The van der Waals surface area contributed by atoms with Crippen LogP contribution in [0.15, 0.2) is 29.8 Å². The molecule has 3 unspecified atom stereocenters. The fourth-order valence-electron chi connectivity index (χ4n) is 6.76. The van der Waals surface area contributed by atoms with Gasteiger partial charge in [0, 0.05) is 58.4 Å². The number of piperazine rings is 1. The lowest BCUT2D eigenvalue weighted by Gasteiger charge is -2.60. The molecule has 0 radical (unpaired) electrons. The molecule has 1 N–H and O–H groups in total. The van der Waals surface area contributed by atoms with Gasteiger partial charge in [-0.25, -0.2) is 4.98 Å². The Morgan fingerprint density at radius 3 is 2.70 bits per heavy atom. The van der Waals surface area contributed by atoms with E-state index in [9.17, 15) is 4.79 Å². The van der Waals surface area contributed by atoms with Crippen molar-refractivity contribution < 1.29 is 4.79 Å². The summed E-state index contributed by atoms with van der Waals surface area (Å²) in [5, 5.41) is 3.53. The van der Waals surface area contributed by atoms with E-state index in [0.29, 0.717) is 11.3 Å². The van der Waals surface area contributed by atoms with Crippen molar-refractivity contribution in [1.82, 2.24) is 19.9 Å². The van der Waals surface area contributed by atoms with E-state index in [1.807, 2.05) is 22.5 Å². The third-order valence-corrected chi connectivity index (χ3v) is 10.00. The first-order valence-corrected chi connectivity index (χ1v) is 14.4. The van der Waals surface area contributed by atoms with Crippen LogP contribution in [0.4, 0.5) is 23.3 Å². The normalized spacial score (nSPS) is 24.6. The number of nitrogens with one attached hydrogen (secondary N) is 1. The van der Waals surface area contributed by atoms with Crippen LogP contribution in [0, 0.1) is 23.2 Å². The number of hydrogen-bond acceptors (Lipinski definition) is 8. The largest absolute Gasteiger partial charge is 0.353 e. The van der Waals surface area contributed by atoms with E-state index >= 15 is 0 Å². The summed E-state index contributed by atoms with van der Waals surface area (Å²) in [5.74, 6) is 4.97. The molecule has 3 saturated carbocycles. The van der Waals surface area contributed by atoms with Crippen molar-refractivity contribution in [3.63, 3.8) is 0 Å². The molecular weight excluding hydrogens is 482 g/mol. The number of anilines is 4. The number of aromatic nitrogens is 3. The second-order valence-electron chi connectivity index (χ2n) is 11.6. The van der Waals surface area contributed by atoms with Crippen molar-refractivity contribution in [2.24, 2.45) is 23.2 Å². The predicted octanol–water partition coefficient (Wildman–Crippen LogP) is 5.01. The summed E-state index contributed by atoms with van der Waals surface area (Å²) in [6, 6.07) is 8.26. The summed E-state index contributed by atoms with van der Waals surface area (Å²) in [7, 11) is 2.14. The Bertz CT molecular complexity index is 1300. The van der Waals surface area contributed by atoms with Crippen molar-refractivity contribution in [3.05, 3.63) is 29.8 Å². The minimum Gasteiger partial charge on any atom is -0.353 e. The van der Waals surface area contributed by atoms with Crippen LogP contribution in [0.25, 0.3) is 10.2 Å². The summed E-state index contributed by atoms with van der Waals surface area (Å²) < 4.78 is 1.15. The summed E-state index contributed by atoms with van der Waals surface area (Å²) in [5.41, 5.74) is 4.34. The van der Waals surface area contributed by atoms with Crippen LogP contribution in [0.2, 0.25) is 0 Å². The molecule has 1 aromatic carbocycles. The summed E-state index contributed by atoms with van der Waals surface area (Å²) in [6.07, 6.45) is 4.02. The van der Waals surface area contributed by atoms with Crippen LogP contribution >= 0.6 is 11.3 Å². The molecule has 196 valence electrons. The minimum absolute atomic E-state index is 0.136. The van der Waals surface area contributed by atoms with Crippen LogP contribution in [0.3, 0.4) is 0 Å². The molecule has 4 aliphatic rings. The maximum atomic E-state index is 11.8. The number of rotatable bonds is 6. The van der Waals surface area contributed by atoms with Crippen LogP contribution < -0.4 is 15.1 Å². The van der Waals surface area contributed by atoms with Gasteiger partial charge in [0.25, 0.3) is 0 Å². The highest BCUT2D eigenvalue weighted by atomic mass is 32.1. The smallest absolute Gasteiger partial charge is 0.229 e. The van der Waals surface area contributed by atoms with Crippen LogP contribution in [-0.4, -0.2) is 65.5 Å². The van der Waals surface area contributed by atoms with Gasteiger partial charge >= 0.3 is 0 Å². The highest BCUT2D eigenvalue weighted by Crippen LogP contribution is 2.61. The van der Waals surface area contributed by atoms with E-state index in [0.717, 1.165) is 78.0 Å². The fourth-order valence-corrected chi connectivity index (χ4v) is 7.48. The molecular formula is C28H37N7OS. The van der Waals surface area contributed by atoms with E-state index in [2.05, 4.69) is 53.1 Å². The summed E-state index contributed by atoms with van der Waals surface area (Å²) in [6.45, 7) is 10.5. The first-order valence-electron chi connectivity index (χ1n) is 13.5. The number of benzene rings is 1. The number of nitrogens with zero attached hydrogens (tertiary/aromatic N) is 6. The molecule has 9 heteroatoms. The average Bonchev–Trinajstić information content (AvgIpc) is 3.36. The number of thiazole rings is 1. The number of amides is 1. The van der Waals surface area contributed by atoms with E-state index in [1.54, 1.807) is 18.3 Å². The molecule has 7 rings (SSSR count). The number of carbonyl (C=O) groups is 1. The maximum Gasteiger partial charge on any atom is 0.229 e. The Morgan fingerprint density at radius 2 is 1.97 bits per heavy atom. The fraction of sp³-hybridized carbons (Fsp3) is 0.571. The number of carbonyl (C=O) groups excluding carboxylic acids is 1. The van der Waals surface area contributed by atoms with Gasteiger partial charge in [0.2, 0.25) is 11.9 Å². The van der Waals surface area contributed by atoms with Crippen LogP contribution in [0.1, 0.15) is 40.0 Å². The topological polar surface area (TPSA) is 77.5 Å². The van der Waals surface area contributed by atoms with E-state index in [-0.39, 0.29) is 5.91 Å². The second kappa shape index (κ2) is 9.42. The van der Waals surface area contributed by atoms with Crippen LogP contribution in [0.5, 0.6) is 0 Å². The quantitative estimate of drug-likeness (QED) is 0.491. The molecule has 1 saturated heterocycles. The molecule has 2 aromatic heterocycles. The Balaban J connectivity index is 1.26. The molecule has 3 aliphatic carbocycles. The Labute approximate surface area is 223 Å². The van der Waals surface area contributed by atoms with Gasteiger partial charge in [0.15, 0.2) is 0 Å². The zero-order valence-corrected chi connectivity index (χ0v) is 23.1. The van der Waals surface area contributed by atoms with Gasteiger partial charge in [-0.15, -0.1) is 11.3 Å². The van der Waals surface area contributed by atoms with E-state index < -0.39 is 0 Å². The molecule has 3 heterocycles.